The van der Waals surface area contributed by atoms with Crippen LogP contribution in [0.4, 0.5) is 5.82 Å². The van der Waals surface area contributed by atoms with Crippen molar-refractivity contribution in [3.8, 4) is 0 Å². The smallest absolute Gasteiger partial charge is 0.273 e. The average Bonchev–Trinajstić information content (AvgIpc) is 2.69. The molecule has 0 spiro atoms. The van der Waals surface area contributed by atoms with Gasteiger partial charge in [0.25, 0.3) is 5.91 Å². The van der Waals surface area contributed by atoms with E-state index in [0.29, 0.717) is 49.1 Å². The molecule has 0 N–H and O–H groups in total. The Morgan fingerprint density at radius 1 is 1.04 bits per heavy atom. The number of rotatable bonds is 4. The minimum atomic E-state index is -0.177. The van der Waals surface area contributed by atoms with Crippen LogP contribution in [-0.2, 0) is 11.2 Å². The summed E-state index contributed by atoms with van der Waals surface area (Å²) in [5, 5.41) is 8.80. The summed E-state index contributed by atoms with van der Waals surface area (Å²) in [4.78, 5) is 29.8. The number of hydrogen-bond donors (Lipinski definition) is 0. The number of nitrogens with zero attached hydrogens (tertiary/aromatic N) is 5. The molecule has 2 amide bonds. The molecule has 1 fully saturated rings. The number of carbonyl (C=O) groups is 2. The van der Waals surface area contributed by atoms with Crippen LogP contribution < -0.4 is 4.90 Å². The topological polar surface area (TPSA) is 69.6 Å². The van der Waals surface area contributed by atoms with Crippen molar-refractivity contribution >= 4 is 29.2 Å². The molecule has 2 heterocycles. The summed E-state index contributed by atoms with van der Waals surface area (Å²) < 4.78 is 0. The number of halogens is 1. The predicted octanol–water partition coefficient (Wildman–Crippen LogP) is 1.72. The van der Waals surface area contributed by atoms with Crippen LogP contribution >= 0.6 is 11.6 Å². The number of piperazine rings is 1. The van der Waals surface area contributed by atoms with E-state index in [1.165, 1.54) is 4.90 Å². The van der Waals surface area contributed by atoms with E-state index >= 15 is 0 Å². The van der Waals surface area contributed by atoms with Crippen LogP contribution in [0.1, 0.15) is 16.1 Å². The Morgan fingerprint density at radius 2 is 1.74 bits per heavy atom. The Morgan fingerprint density at radius 3 is 2.33 bits per heavy atom. The quantitative estimate of drug-likeness (QED) is 0.799. The van der Waals surface area contributed by atoms with E-state index in [1.54, 1.807) is 32.3 Å². The highest BCUT2D eigenvalue weighted by Crippen LogP contribution is 2.18. The van der Waals surface area contributed by atoms with Gasteiger partial charge < -0.3 is 14.7 Å². The number of amides is 2. The van der Waals surface area contributed by atoms with Crippen molar-refractivity contribution in [2.45, 2.75) is 6.42 Å². The maximum Gasteiger partial charge on any atom is 0.273 e. The van der Waals surface area contributed by atoms with Crippen LogP contribution in [0.5, 0.6) is 0 Å². The third-order valence-corrected chi connectivity index (χ3v) is 4.90. The lowest BCUT2D eigenvalue weighted by Crippen LogP contribution is -2.49. The van der Waals surface area contributed by atoms with Crippen molar-refractivity contribution in [3.05, 3.63) is 52.7 Å². The van der Waals surface area contributed by atoms with Crippen LogP contribution in [0.25, 0.3) is 0 Å². The molecule has 1 aromatic heterocycles. The summed E-state index contributed by atoms with van der Waals surface area (Å²) in [6, 6.07) is 10.9. The van der Waals surface area contributed by atoms with Gasteiger partial charge in [-0.25, -0.2) is 0 Å². The number of carbonyl (C=O) groups excluding carboxylic acids is 2. The molecule has 2 aromatic rings. The predicted molar refractivity (Wildman–Crippen MR) is 104 cm³/mol. The van der Waals surface area contributed by atoms with Gasteiger partial charge in [0, 0.05) is 45.3 Å². The van der Waals surface area contributed by atoms with E-state index in [2.05, 4.69) is 15.1 Å². The lowest BCUT2D eigenvalue weighted by Gasteiger charge is -2.35. The lowest BCUT2D eigenvalue weighted by molar-refractivity contribution is -0.130. The van der Waals surface area contributed by atoms with Crippen LogP contribution in [0.2, 0.25) is 5.02 Å². The van der Waals surface area contributed by atoms with Crippen LogP contribution in [0, 0.1) is 0 Å². The molecule has 0 saturated carbocycles. The van der Waals surface area contributed by atoms with E-state index in [9.17, 15) is 9.59 Å². The number of hydrogen-bond acceptors (Lipinski definition) is 5. The molecule has 0 bridgehead atoms. The van der Waals surface area contributed by atoms with Crippen molar-refractivity contribution in [2.75, 3.05) is 45.2 Å². The first-order valence-electron chi connectivity index (χ1n) is 8.77. The Labute approximate surface area is 163 Å². The van der Waals surface area contributed by atoms with Gasteiger partial charge in [0.1, 0.15) is 0 Å². The summed E-state index contributed by atoms with van der Waals surface area (Å²) in [5.41, 5.74) is 1.16. The second-order valence-corrected chi connectivity index (χ2v) is 7.02. The standard InChI is InChI=1S/C19H22ClN5O2/c1-23(2)19(27)16-7-8-17(22-21-16)24-9-11-25(12-10-24)18(26)13-14-5-3-4-6-15(14)20/h3-8H,9-13H2,1-2H3. The molecule has 8 heteroatoms. The summed E-state index contributed by atoms with van der Waals surface area (Å²) >= 11 is 6.14. The van der Waals surface area contributed by atoms with Crippen molar-refractivity contribution in [2.24, 2.45) is 0 Å². The summed E-state index contributed by atoms with van der Waals surface area (Å²) in [7, 11) is 3.35. The van der Waals surface area contributed by atoms with Crippen LogP contribution in [0.15, 0.2) is 36.4 Å². The molecule has 1 aliphatic rings. The average molecular weight is 388 g/mol. The first-order valence-corrected chi connectivity index (χ1v) is 9.15. The summed E-state index contributed by atoms with van der Waals surface area (Å²) in [6.07, 6.45) is 0.306. The molecule has 7 nitrogen and oxygen atoms in total. The van der Waals surface area contributed by atoms with Crippen molar-refractivity contribution in [1.29, 1.82) is 0 Å². The molecule has 3 rings (SSSR count). The SMILES string of the molecule is CN(C)C(=O)c1ccc(N2CCN(C(=O)Cc3ccccc3Cl)CC2)nn1. The van der Waals surface area contributed by atoms with Crippen molar-refractivity contribution < 1.29 is 9.59 Å². The van der Waals surface area contributed by atoms with Gasteiger partial charge in [-0.1, -0.05) is 29.8 Å². The minimum Gasteiger partial charge on any atom is -0.352 e. The van der Waals surface area contributed by atoms with Gasteiger partial charge >= 0.3 is 0 Å². The first kappa shape index (κ1) is 19.1. The van der Waals surface area contributed by atoms with Gasteiger partial charge in [-0.3, -0.25) is 9.59 Å². The molecule has 27 heavy (non-hydrogen) atoms. The van der Waals surface area contributed by atoms with Gasteiger partial charge in [0.05, 0.1) is 6.42 Å². The highest BCUT2D eigenvalue weighted by Gasteiger charge is 2.23. The van der Waals surface area contributed by atoms with Crippen molar-refractivity contribution in [3.63, 3.8) is 0 Å². The molecule has 0 aliphatic carbocycles. The Balaban J connectivity index is 1.56. The van der Waals surface area contributed by atoms with E-state index in [4.69, 9.17) is 11.6 Å². The zero-order valence-corrected chi connectivity index (χ0v) is 16.2. The second-order valence-electron chi connectivity index (χ2n) is 6.61. The second kappa shape index (κ2) is 8.35. The highest BCUT2D eigenvalue weighted by molar-refractivity contribution is 6.31. The molecule has 1 aromatic carbocycles. The molecule has 142 valence electrons. The normalized spacial score (nSPS) is 14.2. The van der Waals surface area contributed by atoms with E-state index in [0.717, 1.165) is 5.56 Å². The highest BCUT2D eigenvalue weighted by atomic mass is 35.5. The Kier molecular flexibility index (Phi) is 5.91. The van der Waals surface area contributed by atoms with Gasteiger partial charge in [-0.05, 0) is 23.8 Å². The van der Waals surface area contributed by atoms with Gasteiger partial charge in [-0.2, -0.15) is 0 Å². The largest absolute Gasteiger partial charge is 0.352 e. The maximum absolute atomic E-state index is 12.5. The Hall–Kier alpha value is -2.67. The fraction of sp³-hybridized carbons (Fsp3) is 0.368. The molecule has 0 atom stereocenters. The summed E-state index contributed by atoms with van der Waals surface area (Å²) in [6.45, 7) is 2.57. The third-order valence-electron chi connectivity index (χ3n) is 4.53. The number of anilines is 1. The van der Waals surface area contributed by atoms with Gasteiger partial charge in [0.15, 0.2) is 11.5 Å². The fourth-order valence-corrected chi connectivity index (χ4v) is 3.14. The third kappa shape index (κ3) is 4.54. The first-order chi connectivity index (χ1) is 13.0. The van der Waals surface area contributed by atoms with Crippen LogP contribution in [-0.4, -0.2) is 72.1 Å². The van der Waals surface area contributed by atoms with E-state index < -0.39 is 0 Å². The number of aromatic nitrogens is 2. The zero-order valence-electron chi connectivity index (χ0n) is 15.4. The monoisotopic (exact) mass is 387 g/mol. The lowest BCUT2D eigenvalue weighted by atomic mass is 10.1. The van der Waals surface area contributed by atoms with Crippen molar-refractivity contribution in [1.82, 2.24) is 20.0 Å². The maximum atomic E-state index is 12.5. The number of benzene rings is 1. The molecular weight excluding hydrogens is 366 g/mol. The zero-order chi connectivity index (χ0) is 19.4. The summed E-state index contributed by atoms with van der Waals surface area (Å²) in [5.74, 6) is 0.605. The fourth-order valence-electron chi connectivity index (χ4n) is 2.94. The molecule has 0 unspecified atom stereocenters. The molecular formula is C19H22ClN5O2. The van der Waals surface area contributed by atoms with E-state index in [1.807, 2.05) is 23.1 Å². The van der Waals surface area contributed by atoms with Crippen LogP contribution in [0.3, 0.4) is 0 Å². The van der Waals surface area contributed by atoms with Gasteiger partial charge in [0.2, 0.25) is 5.91 Å². The molecule has 0 radical (unpaired) electrons. The molecule has 1 aliphatic heterocycles. The van der Waals surface area contributed by atoms with Gasteiger partial charge in [-0.15, -0.1) is 10.2 Å². The minimum absolute atomic E-state index is 0.0701. The molecule has 1 saturated heterocycles. The van der Waals surface area contributed by atoms with E-state index in [-0.39, 0.29) is 11.8 Å². The Bertz CT molecular complexity index is 817.